The molecule has 0 unspecified atom stereocenters. The highest BCUT2D eigenvalue weighted by Crippen LogP contribution is 2.30. The van der Waals surface area contributed by atoms with Crippen molar-refractivity contribution in [1.29, 1.82) is 0 Å². The van der Waals surface area contributed by atoms with E-state index in [-0.39, 0.29) is 12.2 Å². The number of para-hydroxylation sites is 2. The van der Waals surface area contributed by atoms with Gasteiger partial charge in [-0.25, -0.2) is 0 Å². The second-order valence-electron chi connectivity index (χ2n) is 4.37. The maximum absolute atomic E-state index is 10.7. The molecule has 2 rings (SSSR count). The van der Waals surface area contributed by atoms with Gasteiger partial charge in [0.2, 0.25) is 5.88 Å². The minimum Gasteiger partial charge on any atom is -0.506 e. The predicted octanol–water partition coefficient (Wildman–Crippen LogP) is 1.91. The van der Waals surface area contributed by atoms with Crippen LogP contribution in [0.15, 0.2) is 24.3 Å². The van der Waals surface area contributed by atoms with E-state index in [0.29, 0.717) is 23.7 Å². The van der Waals surface area contributed by atoms with Crippen LogP contribution in [0.4, 0.5) is 0 Å². The topological polar surface area (TPSA) is 84.6 Å². The highest BCUT2D eigenvalue weighted by Gasteiger charge is 2.19. The highest BCUT2D eigenvalue weighted by atomic mass is 16.5. The SMILES string of the molecule is COc1c(CCC(=O)O)c(C)nn1-c1ccccc1O. The molecule has 0 saturated heterocycles. The number of methoxy groups -OCH3 is 1. The fourth-order valence-corrected chi connectivity index (χ4v) is 2.07. The van der Waals surface area contributed by atoms with Crippen molar-refractivity contribution in [3.8, 4) is 17.3 Å². The Balaban J connectivity index is 2.48. The number of phenolic OH excluding ortho intramolecular Hbond substituents is 1. The summed E-state index contributed by atoms with van der Waals surface area (Å²) in [6.45, 7) is 1.79. The van der Waals surface area contributed by atoms with Crippen LogP contribution >= 0.6 is 0 Å². The van der Waals surface area contributed by atoms with E-state index in [0.717, 1.165) is 5.56 Å². The van der Waals surface area contributed by atoms with Crippen molar-refractivity contribution >= 4 is 5.97 Å². The Hall–Kier alpha value is -2.50. The molecule has 0 fully saturated rings. The molecule has 2 aromatic rings. The van der Waals surface area contributed by atoms with Crippen LogP contribution in [0.2, 0.25) is 0 Å². The molecule has 0 saturated carbocycles. The summed E-state index contributed by atoms with van der Waals surface area (Å²) >= 11 is 0. The van der Waals surface area contributed by atoms with E-state index in [1.165, 1.54) is 11.8 Å². The molecule has 0 aliphatic heterocycles. The molecular weight excluding hydrogens is 260 g/mol. The van der Waals surface area contributed by atoms with Crippen LogP contribution in [0.3, 0.4) is 0 Å². The molecule has 0 atom stereocenters. The zero-order valence-electron chi connectivity index (χ0n) is 11.3. The quantitative estimate of drug-likeness (QED) is 0.871. The molecule has 0 spiro atoms. The number of carboxylic acid groups (broad SMARTS) is 1. The normalized spacial score (nSPS) is 10.5. The Bertz CT molecular complexity index is 634. The third-order valence-electron chi connectivity index (χ3n) is 3.03. The van der Waals surface area contributed by atoms with Crippen LogP contribution in [0.5, 0.6) is 11.6 Å². The number of benzene rings is 1. The van der Waals surface area contributed by atoms with Gasteiger partial charge in [0.1, 0.15) is 11.4 Å². The summed E-state index contributed by atoms with van der Waals surface area (Å²) in [5.41, 5.74) is 1.92. The zero-order chi connectivity index (χ0) is 14.7. The lowest BCUT2D eigenvalue weighted by Crippen LogP contribution is -2.02. The molecule has 0 radical (unpaired) electrons. The largest absolute Gasteiger partial charge is 0.506 e. The first kappa shape index (κ1) is 13.9. The number of nitrogens with zero attached hydrogens (tertiary/aromatic N) is 2. The first-order valence-corrected chi connectivity index (χ1v) is 6.17. The summed E-state index contributed by atoms with van der Waals surface area (Å²) in [4.78, 5) is 10.7. The van der Waals surface area contributed by atoms with Crippen LogP contribution in [-0.2, 0) is 11.2 Å². The Morgan fingerprint density at radius 2 is 2.10 bits per heavy atom. The number of aromatic hydroxyl groups is 1. The lowest BCUT2D eigenvalue weighted by molar-refractivity contribution is -0.136. The smallest absolute Gasteiger partial charge is 0.303 e. The summed E-state index contributed by atoms with van der Waals surface area (Å²) in [6, 6.07) is 6.77. The fraction of sp³-hybridized carbons (Fsp3) is 0.286. The van der Waals surface area contributed by atoms with Crippen LogP contribution in [0.1, 0.15) is 17.7 Å². The lowest BCUT2D eigenvalue weighted by atomic mass is 10.1. The van der Waals surface area contributed by atoms with Gasteiger partial charge in [0.05, 0.1) is 12.8 Å². The zero-order valence-corrected chi connectivity index (χ0v) is 11.3. The van der Waals surface area contributed by atoms with Gasteiger partial charge in [-0.3, -0.25) is 4.79 Å². The number of aliphatic carboxylic acids is 1. The Kier molecular flexibility index (Phi) is 3.93. The van der Waals surface area contributed by atoms with Gasteiger partial charge in [0.15, 0.2) is 0 Å². The average molecular weight is 276 g/mol. The van der Waals surface area contributed by atoms with E-state index in [2.05, 4.69) is 5.10 Å². The number of hydrogen-bond acceptors (Lipinski definition) is 4. The van der Waals surface area contributed by atoms with Gasteiger partial charge in [-0.1, -0.05) is 12.1 Å². The van der Waals surface area contributed by atoms with E-state index in [1.54, 1.807) is 31.2 Å². The van der Waals surface area contributed by atoms with E-state index < -0.39 is 5.97 Å². The number of phenols is 1. The molecule has 1 aromatic carbocycles. The van der Waals surface area contributed by atoms with Crippen molar-refractivity contribution in [2.45, 2.75) is 19.8 Å². The summed E-state index contributed by atoms with van der Waals surface area (Å²) in [6.07, 6.45) is 0.335. The van der Waals surface area contributed by atoms with Crippen LogP contribution in [0, 0.1) is 6.92 Å². The number of carboxylic acids is 1. The first-order chi connectivity index (χ1) is 9.54. The van der Waals surface area contributed by atoms with Gasteiger partial charge in [-0.05, 0) is 25.5 Å². The number of aromatic nitrogens is 2. The van der Waals surface area contributed by atoms with Gasteiger partial charge in [0, 0.05) is 12.0 Å². The summed E-state index contributed by atoms with van der Waals surface area (Å²) in [7, 11) is 1.50. The Labute approximate surface area is 116 Å². The number of hydrogen-bond donors (Lipinski definition) is 2. The predicted molar refractivity (Wildman–Crippen MR) is 72.5 cm³/mol. The van der Waals surface area contributed by atoms with Gasteiger partial charge >= 0.3 is 5.97 Å². The third-order valence-corrected chi connectivity index (χ3v) is 3.03. The lowest BCUT2D eigenvalue weighted by Gasteiger charge is -2.09. The minimum absolute atomic E-state index is 0.00364. The molecule has 1 aromatic heterocycles. The fourth-order valence-electron chi connectivity index (χ4n) is 2.07. The third kappa shape index (κ3) is 2.59. The van der Waals surface area contributed by atoms with E-state index in [4.69, 9.17) is 9.84 Å². The summed E-state index contributed by atoms with van der Waals surface area (Å²) in [5.74, 6) is -0.343. The molecule has 2 N–H and O–H groups in total. The second kappa shape index (κ2) is 5.64. The Morgan fingerprint density at radius 3 is 2.70 bits per heavy atom. The van der Waals surface area contributed by atoms with Crippen molar-refractivity contribution in [2.24, 2.45) is 0 Å². The van der Waals surface area contributed by atoms with Gasteiger partial charge in [-0.15, -0.1) is 0 Å². The molecule has 6 heteroatoms. The molecule has 6 nitrogen and oxygen atoms in total. The molecule has 0 amide bonds. The molecule has 106 valence electrons. The summed E-state index contributed by atoms with van der Waals surface area (Å²) < 4.78 is 6.82. The van der Waals surface area contributed by atoms with Gasteiger partial charge in [-0.2, -0.15) is 9.78 Å². The number of carbonyl (C=O) groups is 1. The van der Waals surface area contributed by atoms with Gasteiger partial charge in [0.25, 0.3) is 0 Å². The number of rotatable bonds is 5. The van der Waals surface area contributed by atoms with Crippen molar-refractivity contribution < 1.29 is 19.7 Å². The second-order valence-corrected chi connectivity index (χ2v) is 4.37. The molecule has 0 aliphatic carbocycles. The van der Waals surface area contributed by atoms with Crippen molar-refractivity contribution in [3.63, 3.8) is 0 Å². The number of aryl methyl sites for hydroxylation is 1. The highest BCUT2D eigenvalue weighted by molar-refractivity contribution is 5.67. The standard InChI is InChI=1S/C14H16N2O4/c1-9-10(7-8-13(18)19)14(20-2)16(15-9)11-5-3-4-6-12(11)17/h3-6,17H,7-8H2,1-2H3,(H,18,19). The maximum atomic E-state index is 10.7. The Morgan fingerprint density at radius 1 is 1.40 bits per heavy atom. The van der Waals surface area contributed by atoms with Crippen LogP contribution in [-0.4, -0.2) is 33.1 Å². The van der Waals surface area contributed by atoms with Crippen LogP contribution in [0.25, 0.3) is 5.69 Å². The van der Waals surface area contributed by atoms with Crippen molar-refractivity contribution in [3.05, 3.63) is 35.5 Å². The summed E-state index contributed by atoms with van der Waals surface area (Å²) in [5, 5.41) is 23.0. The minimum atomic E-state index is -0.873. The van der Waals surface area contributed by atoms with Crippen molar-refractivity contribution in [2.75, 3.05) is 7.11 Å². The van der Waals surface area contributed by atoms with E-state index in [1.807, 2.05) is 0 Å². The molecule has 20 heavy (non-hydrogen) atoms. The van der Waals surface area contributed by atoms with E-state index in [9.17, 15) is 9.90 Å². The molecule has 0 aliphatic rings. The molecular formula is C14H16N2O4. The van der Waals surface area contributed by atoms with Crippen molar-refractivity contribution in [1.82, 2.24) is 9.78 Å². The van der Waals surface area contributed by atoms with Crippen LogP contribution < -0.4 is 4.74 Å². The molecule has 1 heterocycles. The maximum Gasteiger partial charge on any atom is 0.303 e. The number of ether oxygens (including phenoxy) is 1. The monoisotopic (exact) mass is 276 g/mol. The average Bonchev–Trinajstić information content (AvgIpc) is 2.73. The first-order valence-electron chi connectivity index (χ1n) is 6.17. The molecule has 0 bridgehead atoms. The van der Waals surface area contributed by atoms with Gasteiger partial charge < -0.3 is 14.9 Å². The van der Waals surface area contributed by atoms with E-state index >= 15 is 0 Å².